The highest BCUT2D eigenvalue weighted by Gasteiger charge is 2.08. The fourth-order valence-corrected chi connectivity index (χ4v) is 2.23. The van der Waals surface area contributed by atoms with Gasteiger partial charge in [0.1, 0.15) is 5.75 Å². The van der Waals surface area contributed by atoms with Gasteiger partial charge >= 0.3 is 0 Å². The molecule has 1 heterocycles. The Morgan fingerprint density at radius 1 is 1.28 bits per heavy atom. The third-order valence-electron chi connectivity index (χ3n) is 3.31. The van der Waals surface area contributed by atoms with Crippen molar-refractivity contribution in [2.75, 3.05) is 6.54 Å². The van der Waals surface area contributed by atoms with Gasteiger partial charge in [-0.15, -0.1) is 0 Å². The highest BCUT2D eigenvalue weighted by atomic mass is 16.5. The van der Waals surface area contributed by atoms with Crippen LogP contribution in [0, 0.1) is 13.8 Å². The van der Waals surface area contributed by atoms with Crippen LogP contribution in [0.4, 0.5) is 0 Å². The zero-order chi connectivity index (χ0) is 18.2. The lowest BCUT2D eigenvalue weighted by Crippen LogP contribution is -2.36. The van der Waals surface area contributed by atoms with Gasteiger partial charge in [0.05, 0.1) is 19.2 Å². The molecule has 2 rings (SSSR count). The van der Waals surface area contributed by atoms with Crippen LogP contribution in [0.15, 0.2) is 27.7 Å². The van der Waals surface area contributed by atoms with Crippen LogP contribution in [0.3, 0.4) is 0 Å². The van der Waals surface area contributed by atoms with Crippen molar-refractivity contribution in [3.05, 3.63) is 41.0 Å². The van der Waals surface area contributed by atoms with Crippen molar-refractivity contribution in [3.8, 4) is 5.75 Å². The molecule has 0 aliphatic carbocycles. The summed E-state index contributed by atoms with van der Waals surface area (Å²) in [5.74, 6) is 2.72. The van der Waals surface area contributed by atoms with E-state index in [0.717, 1.165) is 17.9 Å². The van der Waals surface area contributed by atoms with Crippen molar-refractivity contribution in [2.45, 2.75) is 53.8 Å². The summed E-state index contributed by atoms with van der Waals surface area (Å²) in [5.41, 5.74) is 2.21. The number of aliphatic imine (C=N–C) groups is 1. The van der Waals surface area contributed by atoms with Crippen LogP contribution >= 0.6 is 0 Å². The second kappa shape index (κ2) is 9.05. The quantitative estimate of drug-likeness (QED) is 0.593. The Morgan fingerprint density at radius 2 is 2.08 bits per heavy atom. The van der Waals surface area contributed by atoms with E-state index in [0.29, 0.717) is 30.8 Å². The maximum atomic E-state index is 5.91. The number of nitrogens with zero attached hydrogens (tertiary/aromatic N) is 3. The SMILES string of the molecule is CCNC(=NCc1ccc(C)cc1OC(C)C)NCc1nc(C)no1. The van der Waals surface area contributed by atoms with Crippen molar-refractivity contribution in [1.29, 1.82) is 0 Å². The molecule has 1 aromatic heterocycles. The predicted octanol–water partition coefficient (Wildman–Crippen LogP) is 2.73. The normalized spacial score (nSPS) is 11.7. The summed E-state index contributed by atoms with van der Waals surface area (Å²) < 4.78 is 11.0. The standard InChI is InChI=1S/C18H27N5O2/c1-6-19-18(21-11-17-22-14(5)23-25-17)20-10-15-8-7-13(4)9-16(15)24-12(2)3/h7-9,12H,6,10-11H2,1-5H3,(H2,19,20,21). The number of rotatable bonds is 7. The lowest BCUT2D eigenvalue weighted by atomic mass is 10.1. The Bertz CT molecular complexity index is 709. The molecule has 0 saturated carbocycles. The molecule has 7 heteroatoms. The van der Waals surface area contributed by atoms with Crippen molar-refractivity contribution >= 4 is 5.96 Å². The van der Waals surface area contributed by atoms with Crippen LogP contribution < -0.4 is 15.4 Å². The highest BCUT2D eigenvalue weighted by Crippen LogP contribution is 2.22. The molecular weight excluding hydrogens is 318 g/mol. The minimum absolute atomic E-state index is 0.122. The lowest BCUT2D eigenvalue weighted by Gasteiger charge is -2.15. The Hall–Kier alpha value is -2.57. The Morgan fingerprint density at radius 3 is 2.72 bits per heavy atom. The average Bonchev–Trinajstić information content (AvgIpc) is 2.96. The van der Waals surface area contributed by atoms with Gasteiger partial charge in [0.2, 0.25) is 5.89 Å². The van der Waals surface area contributed by atoms with Crippen molar-refractivity contribution in [3.63, 3.8) is 0 Å². The van der Waals surface area contributed by atoms with E-state index in [1.807, 2.05) is 26.8 Å². The van der Waals surface area contributed by atoms with Crippen LogP contribution in [0.1, 0.15) is 43.6 Å². The van der Waals surface area contributed by atoms with Crippen molar-refractivity contribution in [2.24, 2.45) is 4.99 Å². The molecule has 0 bridgehead atoms. The van der Waals surface area contributed by atoms with E-state index < -0.39 is 0 Å². The molecule has 0 aliphatic heterocycles. The molecular formula is C18H27N5O2. The largest absolute Gasteiger partial charge is 0.491 e. The number of hydrogen-bond donors (Lipinski definition) is 2. The predicted molar refractivity (Wildman–Crippen MR) is 97.6 cm³/mol. The highest BCUT2D eigenvalue weighted by molar-refractivity contribution is 5.79. The summed E-state index contributed by atoms with van der Waals surface area (Å²) in [6.07, 6.45) is 0.122. The molecule has 0 atom stereocenters. The van der Waals surface area contributed by atoms with E-state index >= 15 is 0 Å². The molecule has 2 N–H and O–H groups in total. The minimum Gasteiger partial charge on any atom is -0.491 e. The maximum Gasteiger partial charge on any atom is 0.246 e. The number of guanidine groups is 1. The molecule has 0 unspecified atom stereocenters. The molecule has 0 aliphatic rings. The molecule has 0 amide bonds. The van der Waals surface area contributed by atoms with E-state index in [4.69, 9.17) is 9.26 Å². The van der Waals surface area contributed by atoms with E-state index in [-0.39, 0.29) is 6.10 Å². The summed E-state index contributed by atoms with van der Waals surface area (Å²) in [7, 11) is 0. The van der Waals surface area contributed by atoms with Crippen molar-refractivity contribution in [1.82, 2.24) is 20.8 Å². The van der Waals surface area contributed by atoms with Crippen LogP contribution in [0.2, 0.25) is 0 Å². The van der Waals surface area contributed by atoms with Gasteiger partial charge in [-0.05, 0) is 46.2 Å². The number of aromatic nitrogens is 2. The molecule has 0 saturated heterocycles. The second-order valence-electron chi connectivity index (χ2n) is 6.06. The van der Waals surface area contributed by atoms with Gasteiger partial charge in [-0.3, -0.25) is 0 Å². The maximum absolute atomic E-state index is 5.91. The van der Waals surface area contributed by atoms with E-state index in [1.54, 1.807) is 6.92 Å². The first-order chi connectivity index (χ1) is 12.0. The first kappa shape index (κ1) is 18.8. The Kier molecular flexibility index (Phi) is 6.80. The number of benzene rings is 1. The molecule has 25 heavy (non-hydrogen) atoms. The lowest BCUT2D eigenvalue weighted by molar-refractivity contribution is 0.240. The van der Waals surface area contributed by atoms with Crippen molar-refractivity contribution < 1.29 is 9.26 Å². The summed E-state index contributed by atoms with van der Waals surface area (Å²) >= 11 is 0. The molecule has 7 nitrogen and oxygen atoms in total. The molecule has 2 aromatic rings. The van der Waals surface area contributed by atoms with E-state index in [2.05, 4.69) is 44.8 Å². The Labute approximate surface area is 148 Å². The third kappa shape index (κ3) is 6.10. The first-order valence-electron chi connectivity index (χ1n) is 8.55. The zero-order valence-corrected chi connectivity index (χ0v) is 15.6. The monoisotopic (exact) mass is 345 g/mol. The first-order valence-corrected chi connectivity index (χ1v) is 8.55. The smallest absolute Gasteiger partial charge is 0.246 e. The number of ether oxygens (including phenoxy) is 1. The fourth-order valence-electron chi connectivity index (χ4n) is 2.23. The minimum atomic E-state index is 0.122. The van der Waals surface area contributed by atoms with Gasteiger partial charge in [0.25, 0.3) is 0 Å². The van der Waals surface area contributed by atoms with Gasteiger partial charge in [0.15, 0.2) is 11.8 Å². The van der Waals surface area contributed by atoms with Crippen LogP contribution in [-0.2, 0) is 13.1 Å². The van der Waals surface area contributed by atoms with Gasteiger partial charge < -0.3 is 19.9 Å². The molecule has 1 aromatic carbocycles. The third-order valence-corrected chi connectivity index (χ3v) is 3.31. The molecule has 0 fully saturated rings. The van der Waals surface area contributed by atoms with E-state index in [9.17, 15) is 0 Å². The topological polar surface area (TPSA) is 84.6 Å². The van der Waals surface area contributed by atoms with Gasteiger partial charge in [-0.1, -0.05) is 17.3 Å². The summed E-state index contributed by atoms with van der Waals surface area (Å²) in [4.78, 5) is 8.80. The van der Waals surface area contributed by atoms with Gasteiger partial charge in [0, 0.05) is 12.1 Å². The van der Waals surface area contributed by atoms with Gasteiger partial charge in [-0.25, -0.2) is 4.99 Å². The van der Waals surface area contributed by atoms with Crippen LogP contribution in [0.25, 0.3) is 0 Å². The number of nitrogens with one attached hydrogen (secondary N) is 2. The summed E-state index contributed by atoms with van der Waals surface area (Å²) in [6.45, 7) is 11.6. The van der Waals surface area contributed by atoms with Gasteiger partial charge in [-0.2, -0.15) is 4.98 Å². The fraction of sp³-hybridized carbons (Fsp3) is 0.500. The van der Waals surface area contributed by atoms with E-state index in [1.165, 1.54) is 5.56 Å². The summed E-state index contributed by atoms with van der Waals surface area (Å²) in [6, 6.07) is 6.17. The van der Waals surface area contributed by atoms with Crippen LogP contribution in [0.5, 0.6) is 5.75 Å². The number of aryl methyl sites for hydroxylation is 2. The molecule has 0 radical (unpaired) electrons. The average molecular weight is 345 g/mol. The van der Waals surface area contributed by atoms with Crippen LogP contribution in [-0.4, -0.2) is 28.7 Å². The second-order valence-corrected chi connectivity index (χ2v) is 6.06. The Balaban J connectivity index is 2.07. The summed E-state index contributed by atoms with van der Waals surface area (Å²) in [5, 5.41) is 10.2. The molecule has 136 valence electrons. The molecule has 0 spiro atoms. The zero-order valence-electron chi connectivity index (χ0n) is 15.6. The number of hydrogen-bond acceptors (Lipinski definition) is 5.